The molecule has 6 nitrogen and oxygen atoms in total. The smallest absolute Gasteiger partial charge is 0.358 e. The summed E-state index contributed by atoms with van der Waals surface area (Å²) in [5.41, 5.74) is 1.10. The van der Waals surface area contributed by atoms with Gasteiger partial charge in [0.1, 0.15) is 10.8 Å². The molecule has 1 aromatic heterocycles. The first-order valence-corrected chi connectivity index (χ1v) is 10.5. The van der Waals surface area contributed by atoms with Crippen LogP contribution < -0.4 is 10.1 Å². The monoisotopic (exact) mass is 402 g/mol. The number of nitrogens with one attached hydrogen (secondary N) is 1. The third-order valence-electron chi connectivity index (χ3n) is 5.14. The van der Waals surface area contributed by atoms with Gasteiger partial charge in [-0.05, 0) is 49.9 Å². The number of benzene rings is 1. The van der Waals surface area contributed by atoms with Crippen molar-refractivity contribution in [3.8, 4) is 16.3 Å². The van der Waals surface area contributed by atoms with Crippen molar-refractivity contribution in [2.45, 2.75) is 51.7 Å². The van der Waals surface area contributed by atoms with E-state index in [0.717, 1.165) is 30.6 Å². The lowest BCUT2D eigenvalue weighted by Crippen LogP contribution is -2.46. The minimum atomic E-state index is -0.854. The lowest BCUT2D eigenvalue weighted by molar-refractivity contribution is -0.130. The van der Waals surface area contributed by atoms with Gasteiger partial charge in [-0.1, -0.05) is 19.8 Å². The van der Waals surface area contributed by atoms with E-state index in [1.54, 1.807) is 19.4 Å². The minimum absolute atomic E-state index is 0.156. The molecule has 3 atom stereocenters. The predicted molar refractivity (Wildman–Crippen MR) is 109 cm³/mol. The molecule has 0 aliphatic heterocycles. The number of hydrogen-bond donors (Lipinski definition) is 1. The van der Waals surface area contributed by atoms with Crippen LogP contribution in [0.2, 0.25) is 0 Å². The molecule has 0 radical (unpaired) electrons. The molecule has 0 spiro atoms. The molecule has 28 heavy (non-hydrogen) atoms. The zero-order chi connectivity index (χ0) is 20.1. The van der Waals surface area contributed by atoms with Crippen LogP contribution in [0.15, 0.2) is 29.6 Å². The Bertz CT molecular complexity index is 818. The summed E-state index contributed by atoms with van der Waals surface area (Å²) in [6.07, 6.45) is 3.57. The topological polar surface area (TPSA) is 77.5 Å². The van der Waals surface area contributed by atoms with Crippen molar-refractivity contribution in [3.05, 3.63) is 35.3 Å². The summed E-state index contributed by atoms with van der Waals surface area (Å²) in [5.74, 6) is 0.367. The number of nitrogens with zero attached hydrogens (tertiary/aromatic N) is 1. The number of aromatic nitrogens is 1. The second-order valence-corrected chi connectivity index (χ2v) is 8.05. The van der Waals surface area contributed by atoms with Crippen LogP contribution >= 0.6 is 11.3 Å². The van der Waals surface area contributed by atoms with Crippen LogP contribution in [0.1, 0.15) is 50.0 Å². The summed E-state index contributed by atoms with van der Waals surface area (Å²) in [5, 5.41) is 5.38. The van der Waals surface area contributed by atoms with Crippen molar-refractivity contribution < 1.29 is 19.1 Å². The molecule has 1 saturated carbocycles. The number of esters is 1. The molecular formula is C21H26N2O4S. The molecular weight excluding hydrogens is 376 g/mol. The SMILES string of the molecule is COc1ccc(-c2nc(C(=O)O[C@H](C)C(=O)N[C@@H]3CCCC[C@@H]3C)cs2)cc1. The second-order valence-electron chi connectivity index (χ2n) is 7.19. The number of carbonyl (C=O) groups excluding carboxylic acids is 2. The van der Waals surface area contributed by atoms with E-state index in [1.165, 1.54) is 17.8 Å². The van der Waals surface area contributed by atoms with Gasteiger partial charge in [0.15, 0.2) is 11.8 Å². The molecule has 0 saturated heterocycles. The van der Waals surface area contributed by atoms with Crippen molar-refractivity contribution in [2.75, 3.05) is 7.11 Å². The van der Waals surface area contributed by atoms with E-state index in [9.17, 15) is 9.59 Å². The average Bonchev–Trinajstić information content (AvgIpc) is 3.20. The molecule has 1 aromatic carbocycles. The fourth-order valence-electron chi connectivity index (χ4n) is 3.34. The lowest BCUT2D eigenvalue weighted by Gasteiger charge is -2.30. The van der Waals surface area contributed by atoms with Gasteiger partial charge in [-0.3, -0.25) is 4.79 Å². The summed E-state index contributed by atoms with van der Waals surface area (Å²) >= 11 is 1.36. The number of carbonyl (C=O) groups is 2. The number of methoxy groups -OCH3 is 1. The van der Waals surface area contributed by atoms with Gasteiger partial charge in [-0.2, -0.15) is 0 Å². The van der Waals surface area contributed by atoms with E-state index in [0.29, 0.717) is 10.9 Å². The predicted octanol–water partition coefficient (Wildman–Crippen LogP) is 4.06. The Kier molecular flexibility index (Phi) is 6.67. The Hall–Kier alpha value is -2.41. The van der Waals surface area contributed by atoms with Crippen LogP contribution in [0, 0.1) is 5.92 Å². The van der Waals surface area contributed by atoms with Crippen molar-refractivity contribution >= 4 is 23.2 Å². The van der Waals surface area contributed by atoms with E-state index in [1.807, 2.05) is 24.3 Å². The summed E-state index contributed by atoms with van der Waals surface area (Å²) in [4.78, 5) is 29.1. The summed E-state index contributed by atoms with van der Waals surface area (Å²) in [6.45, 7) is 3.74. The Morgan fingerprint density at radius 3 is 2.61 bits per heavy atom. The van der Waals surface area contributed by atoms with Gasteiger partial charge in [0, 0.05) is 17.0 Å². The Morgan fingerprint density at radius 2 is 1.93 bits per heavy atom. The van der Waals surface area contributed by atoms with Gasteiger partial charge in [-0.15, -0.1) is 11.3 Å². The molecule has 3 rings (SSSR count). The van der Waals surface area contributed by atoms with E-state index in [4.69, 9.17) is 9.47 Å². The average molecular weight is 403 g/mol. The van der Waals surface area contributed by atoms with Crippen molar-refractivity contribution in [3.63, 3.8) is 0 Å². The molecule has 0 bridgehead atoms. The van der Waals surface area contributed by atoms with Crippen LogP contribution in [0.4, 0.5) is 0 Å². The largest absolute Gasteiger partial charge is 0.497 e. The summed E-state index contributed by atoms with van der Waals surface area (Å²) in [6, 6.07) is 7.60. The summed E-state index contributed by atoms with van der Waals surface area (Å²) in [7, 11) is 1.61. The molecule has 1 amide bonds. The molecule has 1 aliphatic rings. The van der Waals surface area contributed by atoms with Gasteiger partial charge >= 0.3 is 5.97 Å². The van der Waals surface area contributed by atoms with Crippen LogP contribution in [-0.2, 0) is 9.53 Å². The highest BCUT2D eigenvalue weighted by Crippen LogP contribution is 2.26. The van der Waals surface area contributed by atoms with E-state index in [-0.39, 0.29) is 17.6 Å². The van der Waals surface area contributed by atoms with E-state index >= 15 is 0 Å². The molecule has 1 fully saturated rings. The first-order chi connectivity index (χ1) is 13.5. The van der Waals surface area contributed by atoms with E-state index in [2.05, 4.69) is 17.2 Å². The highest BCUT2D eigenvalue weighted by atomic mass is 32.1. The highest BCUT2D eigenvalue weighted by Gasteiger charge is 2.27. The molecule has 150 valence electrons. The standard InChI is InChI=1S/C21H26N2O4S/c1-13-6-4-5-7-17(13)22-19(24)14(2)27-21(25)18-12-28-20(23-18)15-8-10-16(26-3)11-9-15/h8-14,17H,4-7H2,1-3H3,(H,22,24)/t13-,14+,17+/m0/s1. The molecule has 2 aromatic rings. The third-order valence-corrected chi connectivity index (χ3v) is 6.03. The van der Waals surface area contributed by atoms with Crippen molar-refractivity contribution in [1.82, 2.24) is 10.3 Å². The van der Waals surface area contributed by atoms with Crippen LogP contribution in [0.5, 0.6) is 5.75 Å². The number of thiazole rings is 1. The van der Waals surface area contributed by atoms with Crippen LogP contribution in [0.3, 0.4) is 0 Å². The zero-order valence-electron chi connectivity index (χ0n) is 16.4. The van der Waals surface area contributed by atoms with E-state index < -0.39 is 12.1 Å². The Morgan fingerprint density at radius 1 is 1.21 bits per heavy atom. The van der Waals surface area contributed by atoms with Crippen LogP contribution in [0.25, 0.3) is 10.6 Å². The molecule has 1 aliphatic carbocycles. The summed E-state index contributed by atoms with van der Waals surface area (Å²) < 4.78 is 10.5. The number of hydrogen-bond acceptors (Lipinski definition) is 6. The van der Waals surface area contributed by atoms with Crippen LogP contribution in [-0.4, -0.2) is 36.1 Å². The molecule has 1 heterocycles. The maximum Gasteiger partial charge on any atom is 0.358 e. The molecule has 0 unspecified atom stereocenters. The van der Waals surface area contributed by atoms with Gasteiger partial charge in [0.2, 0.25) is 0 Å². The number of amides is 1. The Labute approximate surface area is 169 Å². The fraction of sp³-hybridized carbons (Fsp3) is 0.476. The number of ether oxygens (including phenoxy) is 2. The highest BCUT2D eigenvalue weighted by molar-refractivity contribution is 7.13. The second kappa shape index (κ2) is 9.19. The van der Waals surface area contributed by atoms with Crippen molar-refractivity contribution in [1.29, 1.82) is 0 Å². The first-order valence-electron chi connectivity index (χ1n) is 9.59. The molecule has 7 heteroatoms. The van der Waals surface area contributed by atoms with Gasteiger partial charge < -0.3 is 14.8 Å². The first kappa shape index (κ1) is 20.3. The zero-order valence-corrected chi connectivity index (χ0v) is 17.3. The quantitative estimate of drug-likeness (QED) is 0.738. The maximum atomic E-state index is 12.4. The van der Waals surface area contributed by atoms with Crippen molar-refractivity contribution in [2.24, 2.45) is 5.92 Å². The number of rotatable bonds is 6. The Balaban J connectivity index is 1.58. The minimum Gasteiger partial charge on any atom is -0.497 e. The lowest BCUT2D eigenvalue weighted by atomic mass is 9.86. The van der Waals surface area contributed by atoms with Gasteiger partial charge in [-0.25, -0.2) is 9.78 Å². The van der Waals surface area contributed by atoms with Gasteiger partial charge in [0.25, 0.3) is 5.91 Å². The van der Waals surface area contributed by atoms with Gasteiger partial charge in [0.05, 0.1) is 7.11 Å². The third kappa shape index (κ3) is 4.90. The maximum absolute atomic E-state index is 12.4. The normalized spacial score (nSPS) is 20.2. The fourth-order valence-corrected chi connectivity index (χ4v) is 4.13. The molecule has 1 N–H and O–H groups in total.